The van der Waals surface area contributed by atoms with Crippen molar-refractivity contribution in [3.63, 3.8) is 0 Å². The number of halogens is 1. The van der Waals surface area contributed by atoms with Crippen molar-refractivity contribution in [2.45, 2.75) is 25.4 Å². The summed E-state index contributed by atoms with van der Waals surface area (Å²) in [5, 5.41) is 0. The zero-order chi connectivity index (χ0) is 24.2. The van der Waals surface area contributed by atoms with E-state index < -0.39 is 0 Å². The minimum atomic E-state index is -0.261. The maximum absolute atomic E-state index is 13.6. The molecule has 5 rings (SSSR count). The third-order valence-electron chi connectivity index (χ3n) is 6.76. The lowest BCUT2D eigenvalue weighted by atomic mass is 9.93. The molecular formula is C29H28FN3O2. The van der Waals surface area contributed by atoms with Gasteiger partial charge in [-0.1, -0.05) is 30.3 Å². The summed E-state index contributed by atoms with van der Waals surface area (Å²) >= 11 is 0. The Morgan fingerprint density at radius 3 is 2.34 bits per heavy atom. The fourth-order valence-electron chi connectivity index (χ4n) is 4.89. The zero-order valence-corrected chi connectivity index (χ0v) is 19.7. The van der Waals surface area contributed by atoms with Crippen LogP contribution < -0.4 is 0 Å². The maximum atomic E-state index is 13.6. The van der Waals surface area contributed by atoms with Gasteiger partial charge in [-0.25, -0.2) is 9.18 Å². The van der Waals surface area contributed by atoms with Crippen molar-refractivity contribution < 1.29 is 13.9 Å². The largest absolute Gasteiger partial charge is 0.445 e. The highest BCUT2D eigenvalue weighted by atomic mass is 19.1. The Balaban J connectivity index is 1.34. The summed E-state index contributed by atoms with van der Waals surface area (Å²) in [6, 6.07) is 22.6. The molecule has 4 aromatic rings. The predicted molar refractivity (Wildman–Crippen MR) is 134 cm³/mol. The van der Waals surface area contributed by atoms with Crippen LogP contribution in [-0.2, 0) is 18.4 Å². The molecule has 0 atom stereocenters. The highest BCUT2D eigenvalue weighted by Crippen LogP contribution is 2.39. The van der Waals surface area contributed by atoms with Crippen LogP contribution in [0.1, 0.15) is 30.0 Å². The van der Waals surface area contributed by atoms with E-state index in [1.54, 1.807) is 17.3 Å². The van der Waals surface area contributed by atoms with Crippen molar-refractivity contribution in [3.8, 4) is 22.4 Å². The van der Waals surface area contributed by atoms with Gasteiger partial charge in [0.05, 0.1) is 5.69 Å². The maximum Gasteiger partial charge on any atom is 0.410 e. The molecule has 1 saturated heterocycles. The molecule has 35 heavy (non-hydrogen) atoms. The number of aromatic nitrogens is 2. The molecule has 0 aliphatic carbocycles. The molecule has 1 amide bonds. The normalized spacial score (nSPS) is 14.2. The number of hydrogen-bond donors (Lipinski definition) is 0. The second-order valence-corrected chi connectivity index (χ2v) is 8.93. The molecule has 0 spiro atoms. The first kappa shape index (κ1) is 22.8. The van der Waals surface area contributed by atoms with E-state index in [1.807, 2.05) is 54.6 Å². The highest BCUT2D eigenvalue weighted by molar-refractivity contribution is 5.82. The number of hydrogen-bond acceptors (Lipinski definition) is 3. The van der Waals surface area contributed by atoms with Gasteiger partial charge in [0.25, 0.3) is 0 Å². The minimum absolute atomic E-state index is 0.250. The summed E-state index contributed by atoms with van der Waals surface area (Å²) in [6.45, 7) is 1.59. The molecule has 2 aromatic carbocycles. The van der Waals surface area contributed by atoms with Gasteiger partial charge in [0.2, 0.25) is 0 Å². The van der Waals surface area contributed by atoms with Crippen LogP contribution in [0.5, 0.6) is 0 Å². The Morgan fingerprint density at radius 2 is 1.66 bits per heavy atom. The fourth-order valence-corrected chi connectivity index (χ4v) is 4.89. The first-order valence-electron chi connectivity index (χ1n) is 11.9. The fraction of sp³-hybridized carbons (Fsp3) is 0.241. The van der Waals surface area contributed by atoms with Crippen molar-refractivity contribution >= 4 is 6.09 Å². The van der Waals surface area contributed by atoms with Crippen LogP contribution in [-0.4, -0.2) is 33.6 Å². The number of carbonyl (C=O) groups is 1. The number of likely N-dealkylation sites (tertiary alicyclic amines) is 1. The van der Waals surface area contributed by atoms with Gasteiger partial charge >= 0.3 is 6.09 Å². The Labute approximate surface area is 204 Å². The van der Waals surface area contributed by atoms with Crippen LogP contribution in [0, 0.1) is 5.82 Å². The molecule has 0 N–H and O–H groups in total. The van der Waals surface area contributed by atoms with Crippen molar-refractivity contribution in [1.82, 2.24) is 14.5 Å². The second-order valence-electron chi connectivity index (χ2n) is 8.93. The van der Waals surface area contributed by atoms with Crippen LogP contribution in [0.2, 0.25) is 0 Å². The molecule has 0 bridgehead atoms. The quantitative estimate of drug-likeness (QED) is 0.339. The molecule has 0 saturated carbocycles. The molecular weight excluding hydrogens is 441 g/mol. The number of rotatable bonds is 5. The summed E-state index contributed by atoms with van der Waals surface area (Å²) in [5.74, 6) is 0.0631. The van der Waals surface area contributed by atoms with Crippen molar-refractivity contribution in [2.75, 3.05) is 13.1 Å². The Hall–Kier alpha value is -3.93. The number of nitrogens with zero attached hydrogens (tertiary/aromatic N) is 3. The number of pyridine rings is 1. The van der Waals surface area contributed by atoms with E-state index in [0.29, 0.717) is 19.0 Å². The summed E-state index contributed by atoms with van der Waals surface area (Å²) in [6.07, 6.45) is 5.03. The second kappa shape index (κ2) is 10.1. The van der Waals surface area contributed by atoms with Gasteiger partial charge in [-0.3, -0.25) is 4.98 Å². The van der Waals surface area contributed by atoms with Crippen molar-refractivity contribution in [2.24, 2.45) is 7.05 Å². The SMILES string of the molecule is Cn1c(C2CCN(C(=O)OCc3ccccc3)CC2)cc(-c2ccncc2)c1-c1ccc(F)cc1. The number of ether oxygens (including phenoxy) is 1. The lowest BCUT2D eigenvalue weighted by Gasteiger charge is -2.31. The first-order valence-corrected chi connectivity index (χ1v) is 11.9. The molecule has 6 heteroatoms. The lowest BCUT2D eigenvalue weighted by Crippen LogP contribution is -2.38. The number of carbonyl (C=O) groups excluding carboxylic acids is 1. The standard InChI is InChI=1S/C29H28FN3O2/c1-32-27(23-13-17-33(18-14-23)29(34)35-20-21-5-3-2-4-6-21)19-26(22-11-15-31-16-12-22)28(32)24-7-9-25(30)10-8-24/h2-12,15-16,19,23H,13-14,17-18,20H2,1H3. The van der Waals surface area contributed by atoms with E-state index in [4.69, 9.17) is 4.74 Å². The predicted octanol–water partition coefficient (Wildman–Crippen LogP) is 6.41. The summed E-state index contributed by atoms with van der Waals surface area (Å²) in [5.41, 5.74) is 6.39. The van der Waals surface area contributed by atoms with Crippen molar-refractivity contribution in [1.29, 1.82) is 0 Å². The van der Waals surface area contributed by atoms with Crippen LogP contribution >= 0.6 is 0 Å². The van der Waals surface area contributed by atoms with E-state index in [2.05, 4.69) is 22.7 Å². The molecule has 0 unspecified atom stereocenters. The van der Waals surface area contributed by atoms with E-state index in [-0.39, 0.29) is 18.5 Å². The molecule has 5 nitrogen and oxygen atoms in total. The van der Waals surface area contributed by atoms with E-state index >= 15 is 0 Å². The molecule has 2 aromatic heterocycles. The number of benzene rings is 2. The van der Waals surface area contributed by atoms with Crippen LogP contribution in [0.3, 0.4) is 0 Å². The Morgan fingerprint density at radius 1 is 0.971 bits per heavy atom. The van der Waals surface area contributed by atoms with Gasteiger partial charge in [-0.05, 0) is 72.0 Å². The summed E-state index contributed by atoms with van der Waals surface area (Å²) in [7, 11) is 2.07. The third kappa shape index (κ3) is 4.97. The number of piperidine rings is 1. The van der Waals surface area contributed by atoms with Crippen LogP contribution in [0.15, 0.2) is 85.2 Å². The molecule has 178 valence electrons. The average Bonchev–Trinajstić information content (AvgIpc) is 3.26. The summed E-state index contributed by atoms with van der Waals surface area (Å²) in [4.78, 5) is 18.6. The first-order chi connectivity index (χ1) is 17.1. The van der Waals surface area contributed by atoms with E-state index in [0.717, 1.165) is 40.8 Å². The Bertz CT molecular complexity index is 1280. The third-order valence-corrected chi connectivity index (χ3v) is 6.76. The monoisotopic (exact) mass is 469 g/mol. The number of amides is 1. The average molecular weight is 470 g/mol. The van der Waals surface area contributed by atoms with Gasteiger partial charge in [0.15, 0.2) is 0 Å². The van der Waals surface area contributed by atoms with E-state index in [9.17, 15) is 9.18 Å². The topological polar surface area (TPSA) is 47.4 Å². The van der Waals surface area contributed by atoms with Crippen LogP contribution in [0.25, 0.3) is 22.4 Å². The van der Waals surface area contributed by atoms with Gasteiger partial charge < -0.3 is 14.2 Å². The lowest BCUT2D eigenvalue weighted by molar-refractivity contribution is 0.0867. The summed E-state index contributed by atoms with van der Waals surface area (Å²) < 4.78 is 21.4. The smallest absolute Gasteiger partial charge is 0.410 e. The van der Waals surface area contributed by atoms with Gasteiger partial charge in [-0.2, -0.15) is 0 Å². The molecule has 1 aliphatic rings. The highest BCUT2D eigenvalue weighted by Gasteiger charge is 2.28. The van der Waals surface area contributed by atoms with Gasteiger partial charge in [0.1, 0.15) is 12.4 Å². The molecule has 1 aliphatic heterocycles. The minimum Gasteiger partial charge on any atom is -0.445 e. The van der Waals surface area contributed by atoms with Gasteiger partial charge in [-0.15, -0.1) is 0 Å². The van der Waals surface area contributed by atoms with Crippen molar-refractivity contribution in [3.05, 3.63) is 102 Å². The van der Waals surface area contributed by atoms with E-state index in [1.165, 1.54) is 17.8 Å². The van der Waals surface area contributed by atoms with Crippen LogP contribution in [0.4, 0.5) is 9.18 Å². The molecule has 0 radical (unpaired) electrons. The van der Waals surface area contributed by atoms with Gasteiger partial charge in [0, 0.05) is 49.7 Å². The zero-order valence-electron chi connectivity index (χ0n) is 19.7. The Kier molecular flexibility index (Phi) is 6.62. The molecule has 3 heterocycles. The molecule has 1 fully saturated rings.